The first kappa shape index (κ1) is 14.6. The van der Waals surface area contributed by atoms with Crippen LogP contribution in [0.25, 0.3) is 11.0 Å². The molecule has 1 saturated heterocycles. The van der Waals surface area contributed by atoms with Crippen LogP contribution in [0.4, 0.5) is 0 Å². The van der Waals surface area contributed by atoms with E-state index in [0.29, 0.717) is 5.76 Å². The van der Waals surface area contributed by atoms with Crippen LogP contribution < -0.4 is 5.32 Å². The Balaban J connectivity index is 1.83. The highest BCUT2D eigenvalue weighted by Gasteiger charge is 2.24. The first-order valence-corrected chi connectivity index (χ1v) is 8.12. The highest BCUT2D eigenvalue weighted by molar-refractivity contribution is 9.10. The fraction of sp³-hybridized carbons (Fsp3) is 0.438. The van der Waals surface area contributed by atoms with Gasteiger partial charge in [0.1, 0.15) is 5.58 Å². The van der Waals surface area contributed by atoms with Crippen molar-refractivity contribution in [2.24, 2.45) is 0 Å². The molecule has 1 atom stereocenters. The summed E-state index contributed by atoms with van der Waals surface area (Å²) in [6.45, 7) is 2.00. The Morgan fingerprint density at radius 3 is 3.05 bits per heavy atom. The zero-order valence-electron chi connectivity index (χ0n) is 12.1. The van der Waals surface area contributed by atoms with Gasteiger partial charge in [-0.2, -0.15) is 0 Å². The molecule has 4 nitrogen and oxygen atoms in total. The lowest BCUT2D eigenvalue weighted by Gasteiger charge is -2.26. The van der Waals surface area contributed by atoms with Crippen LogP contribution in [-0.2, 0) is 0 Å². The Labute approximate surface area is 132 Å². The number of hydrogen-bond acceptors (Lipinski definition) is 3. The summed E-state index contributed by atoms with van der Waals surface area (Å²) in [7, 11) is 1.88. The third kappa shape index (κ3) is 2.99. The van der Waals surface area contributed by atoms with Gasteiger partial charge < -0.3 is 14.6 Å². The van der Waals surface area contributed by atoms with Gasteiger partial charge in [-0.3, -0.25) is 4.79 Å². The normalized spacial score (nSPS) is 19.4. The van der Waals surface area contributed by atoms with E-state index in [0.717, 1.165) is 47.8 Å². The quantitative estimate of drug-likeness (QED) is 0.902. The van der Waals surface area contributed by atoms with Gasteiger partial charge in [-0.05, 0) is 60.4 Å². The molecule has 1 aliphatic rings. The number of carbonyl (C=O) groups is 1. The lowest BCUT2D eigenvalue weighted by atomic mass is 10.1. The molecule has 21 heavy (non-hydrogen) atoms. The van der Waals surface area contributed by atoms with Crippen molar-refractivity contribution >= 4 is 32.8 Å². The number of nitrogens with zero attached hydrogens (tertiary/aromatic N) is 1. The summed E-state index contributed by atoms with van der Waals surface area (Å²) in [4.78, 5) is 14.5. The number of carbonyl (C=O) groups excluding carboxylic acids is 1. The Morgan fingerprint density at radius 1 is 1.38 bits per heavy atom. The minimum Gasteiger partial charge on any atom is -0.450 e. The van der Waals surface area contributed by atoms with E-state index >= 15 is 0 Å². The topological polar surface area (TPSA) is 45.5 Å². The van der Waals surface area contributed by atoms with Crippen LogP contribution >= 0.6 is 15.9 Å². The van der Waals surface area contributed by atoms with Gasteiger partial charge in [0.05, 0.1) is 4.47 Å². The van der Waals surface area contributed by atoms with Gasteiger partial charge in [-0.15, -0.1) is 0 Å². The van der Waals surface area contributed by atoms with Gasteiger partial charge in [-0.1, -0.05) is 12.1 Å². The molecule has 0 saturated carbocycles. The average molecular weight is 351 g/mol. The van der Waals surface area contributed by atoms with Gasteiger partial charge in [0, 0.05) is 18.5 Å². The molecule has 1 unspecified atom stereocenters. The van der Waals surface area contributed by atoms with Crippen molar-refractivity contribution in [3.63, 3.8) is 0 Å². The largest absolute Gasteiger partial charge is 0.450 e. The SMILES string of the molecule is CN(C(=O)c1cc2cccc(Br)c2o1)C1CCCNCC1. The summed E-state index contributed by atoms with van der Waals surface area (Å²) in [6, 6.07) is 7.92. The average Bonchev–Trinajstić information content (AvgIpc) is 2.75. The van der Waals surface area contributed by atoms with E-state index in [1.807, 2.05) is 36.2 Å². The molecule has 112 valence electrons. The molecule has 0 spiro atoms. The lowest BCUT2D eigenvalue weighted by molar-refractivity contribution is 0.0690. The number of rotatable bonds is 2. The molecule has 1 aliphatic heterocycles. The number of benzene rings is 1. The Bertz CT molecular complexity index is 645. The predicted molar refractivity (Wildman–Crippen MR) is 86.5 cm³/mol. The van der Waals surface area contributed by atoms with Crippen LogP contribution in [0, 0.1) is 0 Å². The second kappa shape index (κ2) is 6.20. The Hall–Kier alpha value is -1.33. The second-order valence-electron chi connectivity index (χ2n) is 5.52. The molecule has 1 aromatic carbocycles. The fourth-order valence-corrected chi connectivity index (χ4v) is 3.32. The highest BCUT2D eigenvalue weighted by Crippen LogP contribution is 2.28. The molecule has 3 rings (SSSR count). The van der Waals surface area contributed by atoms with Gasteiger partial charge >= 0.3 is 0 Å². The summed E-state index contributed by atoms with van der Waals surface area (Å²) in [5, 5.41) is 4.32. The zero-order chi connectivity index (χ0) is 14.8. The van der Waals surface area contributed by atoms with E-state index in [1.165, 1.54) is 0 Å². The van der Waals surface area contributed by atoms with E-state index in [2.05, 4.69) is 21.2 Å². The predicted octanol–water partition coefficient (Wildman–Crippen LogP) is 3.41. The van der Waals surface area contributed by atoms with Crippen LogP contribution in [0.1, 0.15) is 29.8 Å². The maximum Gasteiger partial charge on any atom is 0.289 e. The standard InChI is InChI=1S/C16H19BrN2O2/c1-19(12-5-3-8-18-9-7-12)16(20)14-10-11-4-2-6-13(17)15(11)21-14/h2,4,6,10,12,18H,3,5,7-9H2,1H3. The molecule has 2 aromatic rings. The fourth-order valence-electron chi connectivity index (χ4n) is 2.86. The third-order valence-electron chi connectivity index (χ3n) is 4.12. The molecular formula is C16H19BrN2O2. The molecule has 5 heteroatoms. The van der Waals surface area contributed by atoms with Crippen LogP contribution in [0.5, 0.6) is 0 Å². The van der Waals surface area contributed by atoms with Crippen molar-refractivity contribution < 1.29 is 9.21 Å². The second-order valence-corrected chi connectivity index (χ2v) is 6.37. The van der Waals surface area contributed by atoms with Crippen LogP contribution in [-0.4, -0.2) is 37.0 Å². The van der Waals surface area contributed by atoms with E-state index in [4.69, 9.17) is 4.42 Å². The molecular weight excluding hydrogens is 332 g/mol. The third-order valence-corrected chi connectivity index (χ3v) is 4.74. The van der Waals surface area contributed by atoms with E-state index in [1.54, 1.807) is 0 Å². The van der Waals surface area contributed by atoms with Crippen molar-refractivity contribution in [1.29, 1.82) is 0 Å². The van der Waals surface area contributed by atoms with Crippen molar-refractivity contribution in [1.82, 2.24) is 10.2 Å². The summed E-state index contributed by atoms with van der Waals surface area (Å²) >= 11 is 3.46. The van der Waals surface area contributed by atoms with Gasteiger partial charge in [0.15, 0.2) is 5.76 Å². The first-order chi connectivity index (χ1) is 10.2. The summed E-state index contributed by atoms with van der Waals surface area (Å²) in [5.41, 5.74) is 0.733. The number of amides is 1. The number of furan rings is 1. The minimum atomic E-state index is -0.0370. The lowest BCUT2D eigenvalue weighted by Crippen LogP contribution is -2.37. The van der Waals surface area contributed by atoms with Crippen LogP contribution in [0.15, 0.2) is 33.2 Å². The van der Waals surface area contributed by atoms with E-state index < -0.39 is 0 Å². The molecule has 1 N–H and O–H groups in total. The number of halogens is 1. The van der Waals surface area contributed by atoms with Crippen molar-refractivity contribution in [2.45, 2.75) is 25.3 Å². The molecule has 0 radical (unpaired) electrons. The Kier molecular flexibility index (Phi) is 4.31. The number of nitrogens with one attached hydrogen (secondary N) is 1. The van der Waals surface area contributed by atoms with Gasteiger partial charge in [0.2, 0.25) is 0 Å². The summed E-state index contributed by atoms with van der Waals surface area (Å²) in [5.74, 6) is 0.376. The van der Waals surface area contributed by atoms with E-state index in [-0.39, 0.29) is 11.9 Å². The highest BCUT2D eigenvalue weighted by atomic mass is 79.9. The zero-order valence-corrected chi connectivity index (χ0v) is 13.6. The minimum absolute atomic E-state index is 0.0370. The van der Waals surface area contributed by atoms with E-state index in [9.17, 15) is 4.79 Å². The van der Waals surface area contributed by atoms with Crippen LogP contribution in [0.2, 0.25) is 0 Å². The first-order valence-electron chi connectivity index (χ1n) is 7.33. The molecule has 1 amide bonds. The number of hydrogen-bond donors (Lipinski definition) is 1. The summed E-state index contributed by atoms with van der Waals surface area (Å²) in [6.07, 6.45) is 3.14. The molecule has 0 bridgehead atoms. The van der Waals surface area contributed by atoms with Gasteiger partial charge in [0.25, 0.3) is 5.91 Å². The summed E-state index contributed by atoms with van der Waals surface area (Å²) < 4.78 is 6.63. The smallest absolute Gasteiger partial charge is 0.289 e. The van der Waals surface area contributed by atoms with Crippen molar-refractivity contribution in [2.75, 3.05) is 20.1 Å². The molecule has 2 heterocycles. The maximum absolute atomic E-state index is 12.6. The monoisotopic (exact) mass is 350 g/mol. The van der Waals surface area contributed by atoms with Crippen molar-refractivity contribution in [3.8, 4) is 0 Å². The molecule has 1 fully saturated rings. The molecule has 0 aliphatic carbocycles. The Morgan fingerprint density at radius 2 is 2.24 bits per heavy atom. The van der Waals surface area contributed by atoms with Gasteiger partial charge in [-0.25, -0.2) is 0 Å². The van der Waals surface area contributed by atoms with Crippen molar-refractivity contribution in [3.05, 3.63) is 34.5 Å². The number of fused-ring (bicyclic) bond motifs is 1. The maximum atomic E-state index is 12.6. The number of para-hydroxylation sites is 1. The molecule has 1 aromatic heterocycles. The van der Waals surface area contributed by atoms with Crippen LogP contribution in [0.3, 0.4) is 0 Å².